The zero-order chi connectivity index (χ0) is 14.7. The molecule has 1 aliphatic rings. The lowest BCUT2D eigenvalue weighted by Gasteiger charge is -2.23. The van der Waals surface area contributed by atoms with E-state index in [-0.39, 0.29) is 18.7 Å². The largest absolute Gasteiger partial charge is 0.495 e. The maximum atomic E-state index is 12.3. The van der Waals surface area contributed by atoms with Crippen LogP contribution in [-0.4, -0.2) is 42.3 Å². The highest BCUT2D eigenvalue weighted by Gasteiger charge is 2.32. The molecule has 0 heterocycles. The number of benzene rings is 1. The summed E-state index contributed by atoms with van der Waals surface area (Å²) in [6, 6.07) is 3.80. The topological polar surface area (TPSA) is 61.8 Å². The Bertz CT molecular complexity index is 503. The molecular formula is C14H19BrN2O3. The van der Waals surface area contributed by atoms with E-state index >= 15 is 0 Å². The molecular weight excluding hydrogens is 324 g/mol. The average Bonchev–Trinajstić information content (AvgIpc) is 3.22. The minimum Gasteiger partial charge on any atom is -0.495 e. The molecule has 0 bridgehead atoms. The Kier molecular flexibility index (Phi) is 4.88. The molecule has 0 spiro atoms. The maximum Gasteiger partial charge on any atom is 0.322 e. The van der Waals surface area contributed by atoms with Gasteiger partial charge in [-0.1, -0.05) is 15.9 Å². The molecule has 20 heavy (non-hydrogen) atoms. The van der Waals surface area contributed by atoms with E-state index in [0.29, 0.717) is 18.0 Å². The number of carbonyl (C=O) groups is 1. The molecule has 0 atom stereocenters. The molecule has 6 heteroatoms. The number of anilines is 1. The molecule has 110 valence electrons. The molecule has 1 aromatic carbocycles. The SMILES string of the molecule is COc1cc(Br)cc(C)c1NC(=O)N(CCO)C1CC1. The van der Waals surface area contributed by atoms with Gasteiger partial charge in [0, 0.05) is 17.1 Å². The third-order valence-electron chi connectivity index (χ3n) is 3.31. The van der Waals surface area contributed by atoms with Gasteiger partial charge in [0.2, 0.25) is 0 Å². The zero-order valence-electron chi connectivity index (χ0n) is 11.6. The minimum atomic E-state index is -0.190. The lowest BCUT2D eigenvalue weighted by Crippen LogP contribution is -2.38. The number of ether oxygens (including phenoxy) is 1. The first kappa shape index (κ1) is 15.1. The van der Waals surface area contributed by atoms with Gasteiger partial charge in [-0.2, -0.15) is 0 Å². The van der Waals surface area contributed by atoms with Crippen LogP contribution in [0.5, 0.6) is 5.75 Å². The molecule has 0 saturated heterocycles. The van der Waals surface area contributed by atoms with E-state index in [0.717, 1.165) is 22.9 Å². The number of rotatable bonds is 5. The van der Waals surface area contributed by atoms with Gasteiger partial charge < -0.3 is 20.1 Å². The van der Waals surface area contributed by atoms with Crippen LogP contribution in [0.2, 0.25) is 0 Å². The Morgan fingerprint density at radius 2 is 2.25 bits per heavy atom. The van der Waals surface area contributed by atoms with Gasteiger partial charge in [-0.25, -0.2) is 4.79 Å². The number of carbonyl (C=O) groups excluding carboxylic acids is 1. The van der Waals surface area contributed by atoms with E-state index in [1.165, 1.54) is 0 Å². The monoisotopic (exact) mass is 342 g/mol. The van der Waals surface area contributed by atoms with Crippen molar-refractivity contribution in [2.75, 3.05) is 25.6 Å². The van der Waals surface area contributed by atoms with E-state index in [9.17, 15) is 4.79 Å². The summed E-state index contributed by atoms with van der Waals surface area (Å²) in [6.45, 7) is 2.24. The molecule has 2 rings (SSSR count). The van der Waals surface area contributed by atoms with Crippen LogP contribution in [0.25, 0.3) is 0 Å². The molecule has 0 aromatic heterocycles. The summed E-state index contributed by atoms with van der Waals surface area (Å²) in [5, 5.41) is 12.0. The number of halogens is 1. The van der Waals surface area contributed by atoms with Crippen LogP contribution in [-0.2, 0) is 0 Å². The molecule has 1 saturated carbocycles. The second-order valence-electron chi connectivity index (χ2n) is 4.88. The Morgan fingerprint density at radius 3 is 2.80 bits per heavy atom. The van der Waals surface area contributed by atoms with Crippen molar-refractivity contribution in [2.24, 2.45) is 0 Å². The summed E-state index contributed by atoms with van der Waals surface area (Å²) in [6.07, 6.45) is 2.01. The molecule has 1 aromatic rings. The van der Waals surface area contributed by atoms with Crippen molar-refractivity contribution in [3.8, 4) is 5.75 Å². The average molecular weight is 343 g/mol. The Balaban J connectivity index is 2.18. The number of hydrogen-bond donors (Lipinski definition) is 2. The predicted molar refractivity (Wildman–Crippen MR) is 81.3 cm³/mol. The van der Waals surface area contributed by atoms with E-state index in [2.05, 4.69) is 21.2 Å². The predicted octanol–water partition coefficient (Wildman–Crippen LogP) is 2.75. The van der Waals surface area contributed by atoms with Crippen LogP contribution in [0.3, 0.4) is 0 Å². The summed E-state index contributed by atoms with van der Waals surface area (Å²) in [4.78, 5) is 14.0. The fraction of sp³-hybridized carbons (Fsp3) is 0.500. The van der Waals surface area contributed by atoms with Crippen molar-refractivity contribution in [1.82, 2.24) is 4.90 Å². The van der Waals surface area contributed by atoms with Crippen LogP contribution in [0.1, 0.15) is 18.4 Å². The summed E-state index contributed by atoms with van der Waals surface area (Å²) in [5.41, 5.74) is 1.59. The standard InChI is InChI=1S/C14H19BrN2O3/c1-9-7-10(15)8-12(20-2)13(9)16-14(19)17(5-6-18)11-3-4-11/h7-8,11,18H,3-6H2,1-2H3,(H,16,19). The Labute approximate surface area is 127 Å². The summed E-state index contributed by atoms with van der Waals surface area (Å²) in [7, 11) is 1.57. The normalized spacial score (nSPS) is 14.0. The first-order valence-electron chi connectivity index (χ1n) is 6.59. The van der Waals surface area contributed by atoms with Crippen molar-refractivity contribution in [3.63, 3.8) is 0 Å². The van der Waals surface area contributed by atoms with Crippen molar-refractivity contribution in [1.29, 1.82) is 0 Å². The van der Waals surface area contributed by atoms with E-state index in [4.69, 9.17) is 9.84 Å². The zero-order valence-corrected chi connectivity index (χ0v) is 13.2. The highest BCUT2D eigenvalue weighted by Crippen LogP contribution is 2.33. The molecule has 0 aliphatic heterocycles. The number of aryl methyl sites for hydroxylation is 1. The Hall–Kier alpha value is -1.27. The van der Waals surface area contributed by atoms with Gasteiger partial charge in [0.1, 0.15) is 5.75 Å². The maximum absolute atomic E-state index is 12.3. The van der Waals surface area contributed by atoms with Crippen molar-refractivity contribution >= 4 is 27.6 Å². The summed E-state index contributed by atoms with van der Waals surface area (Å²) in [5.74, 6) is 0.616. The van der Waals surface area contributed by atoms with E-state index in [1.807, 2.05) is 19.1 Å². The number of aliphatic hydroxyl groups excluding tert-OH is 1. The summed E-state index contributed by atoms with van der Waals surface area (Å²) >= 11 is 3.41. The number of methoxy groups -OCH3 is 1. The third kappa shape index (κ3) is 3.43. The van der Waals surface area contributed by atoms with Gasteiger partial charge in [0.05, 0.1) is 19.4 Å². The van der Waals surface area contributed by atoms with Crippen LogP contribution in [0, 0.1) is 6.92 Å². The molecule has 0 radical (unpaired) electrons. The van der Waals surface area contributed by atoms with E-state index in [1.54, 1.807) is 12.0 Å². The summed E-state index contributed by atoms with van der Waals surface area (Å²) < 4.78 is 6.21. The molecule has 1 aliphatic carbocycles. The van der Waals surface area contributed by atoms with Crippen LogP contribution >= 0.6 is 15.9 Å². The molecule has 2 N–H and O–H groups in total. The van der Waals surface area contributed by atoms with Crippen molar-refractivity contribution in [3.05, 3.63) is 22.2 Å². The second kappa shape index (κ2) is 6.45. The quantitative estimate of drug-likeness (QED) is 0.864. The van der Waals surface area contributed by atoms with Gasteiger partial charge in [-0.05, 0) is 37.5 Å². The van der Waals surface area contributed by atoms with Gasteiger partial charge >= 0.3 is 6.03 Å². The molecule has 0 unspecified atom stereocenters. The number of hydrogen-bond acceptors (Lipinski definition) is 3. The van der Waals surface area contributed by atoms with Gasteiger partial charge in [0.25, 0.3) is 0 Å². The van der Waals surface area contributed by atoms with Crippen LogP contribution < -0.4 is 10.1 Å². The molecule has 2 amide bonds. The number of aliphatic hydroxyl groups is 1. The van der Waals surface area contributed by atoms with Crippen LogP contribution in [0.15, 0.2) is 16.6 Å². The third-order valence-corrected chi connectivity index (χ3v) is 3.76. The van der Waals surface area contributed by atoms with Gasteiger partial charge in [-0.15, -0.1) is 0 Å². The second-order valence-corrected chi connectivity index (χ2v) is 5.79. The first-order valence-corrected chi connectivity index (χ1v) is 7.38. The smallest absolute Gasteiger partial charge is 0.322 e. The minimum absolute atomic E-state index is 0.0274. The van der Waals surface area contributed by atoms with Crippen LogP contribution in [0.4, 0.5) is 10.5 Å². The fourth-order valence-corrected chi connectivity index (χ4v) is 2.71. The van der Waals surface area contributed by atoms with Gasteiger partial charge in [0.15, 0.2) is 0 Å². The first-order chi connectivity index (χ1) is 9.56. The van der Waals surface area contributed by atoms with Crippen molar-refractivity contribution in [2.45, 2.75) is 25.8 Å². The highest BCUT2D eigenvalue weighted by molar-refractivity contribution is 9.10. The lowest BCUT2D eigenvalue weighted by molar-refractivity contribution is 0.185. The fourth-order valence-electron chi connectivity index (χ4n) is 2.16. The molecule has 1 fully saturated rings. The highest BCUT2D eigenvalue weighted by atomic mass is 79.9. The van der Waals surface area contributed by atoms with Gasteiger partial charge in [-0.3, -0.25) is 0 Å². The van der Waals surface area contributed by atoms with E-state index < -0.39 is 0 Å². The molecule has 5 nitrogen and oxygen atoms in total. The number of nitrogens with zero attached hydrogens (tertiary/aromatic N) is 1. The Morgan fingerprint density at radius 1 is 1.55 bits per heavy atom. The van der Waals surface area contributed by atoms with Crippen molar-refractivity contribution < 1.29 is 14.6 Å². The lowest BCUT2D eigenvalue weighted by atomic mass is 10.2. The number of amides is 2. The number of urea groups is 1. The number of nitrogens with one attached hydrogen (secondary N) is 1.